The Morgan fingerprint density at radius 3 is 1.59 bits per heavy atom. The van der Waals surface area contributed by atoms with Crippen LogP contribution in [-0.4, -0.2) is 19.0 Å². The molecule has 0 bridgehead atoms. The predicted octanol–water partition coefficient (Wildman–Crippen LogP) is 5.19. The fraction of sp³-hybridized carbons (Fsp3) is 0.154. The van der Waals surface area contributed by atoms with Crippen LogP contribution in [0.5, 0.6) is 0 Å². The van der Waals surface area contributed by atoms with Crippen LogP contribution < -0.4 is 15.9 Å². The van der Waals surface area contributed by atoms with Gasteiger partial charge in [-0.25, -0.2) is 12.1 Å². The molecule has 0 aliphatic rings. The van der Waals surface area contributed by atoms with Gasteiger partial charge in [-0.3, -0.25) is 0 Å². The SMILES string of the molecule is C[C@H]([c-]1cccc1P(c1ccccc1)c1ccccc1)N(C)C.[Fe].[cH-]1[cH-][cH-][cH-][cH-]1. The molecule has 156 valence electrons. The standard InChI is InChI=1S/C21H23NP.C5H5.Fe/c1-17(22(2)3)20-15-10-16-21(20)23(18-11-6-4-7-12-18)19-13-8-5-9-14-19;1-2-4-5-3-1;/h4-17H,1-3H3;1-5H;/q-1;-5;/t17-;;/m1../s1. The normalized spacial score (nSPS) is 11.5. The topological polar surface area (TPSA) is 3.24 Å². The molecule has 0 saturated heterocycles. The van der Waals surface area contributed by atoms with Crippen LogP contribution in [0.4, 0.5) is 0 Å². The smallest absolute Gasteiger partial charge is 0 e. The van der Waals surface area contributed by atoms with Crippen LogP contribution in [0, 0.1) is 0 Å². The summed E-state index contributed by atoms with van der Waals surface area (Å²) in [5, 5.41) is 4.29. The first kappa shape index (κ1) is 23.3. The summed E-state index contributed by atoms with van der Waals surface area (Å²) in [6.45, 7) is 2.28. The molecule has 1 nitrogen and oxygen atoms in total. The van der Waals surface area contributed by atoms with Crippen LogP contribution >= 0.6 is 7.92 Å². The van der Waals surface area contributed by atoms with E-state index in [2.05, 4.69) is 105 Å². The molecule has 0 amide bonds. The average Bonchev–Trinajstić information content (AvgIpc) is 3.45. The van der Waals surface area contributed by atoms with Crippen molar-refractivity contribution < 1.29 is 17.1 Å². The van der Waals surface area contributed by atoms with Gasteiger partial charge in [0, 0.05) is 17.1 Å². The van der Waals surface area contributed by atoms with Gasteiger partial charge in [0.2, 0.25) is 0 Å². The second-order valence-corrected chi connectivity index (χ2v) is 9.16. The van der Waals surface area contributed by atoms with Gasteiger partial charge in [0.15, 0.2) is 0 Å². The zero-order valence-corrected chi connectivity index (χ0v) is 19.2. The minimum atomic E-state index is -0.514. The van der Waals surface area contributed by atoms with Gasteiger partial charge >= 0.3 is 0 Å². The van der Waals surface area contributed by atoms with Gasteiger partial charge in [-0.1, -0.05) is 67.6 Å². The summed E-state index contributed by atoms with van der Waals surface area (Å²) in [5.74, 6) is 0. The first-order chi connectivity index (χ1) is 13.7. The van der Waals surface area contributed by atoms with Crippen LogP contribution in [0.15, 0.2) is 109 Å². The summed E-state index contributed by atoms with van der Waals surface area (Å²) >= 11 is 0. The van der Waals surface area contributed by atoms with Crippen LogP contribution in [-0.2, 0) is 17.1 Å². The Hall–Kier alpha value is -1.95. The van der Waals surface area contributed by atoms with Crippen LogP contribution in [0.2, 0.25) is 0 Å². The average molecular weight is 441 g/mol. The van der Waals surface area contributed by atoms with Crippen molar-refractivity contribution in [3.05, 3.63) is 115 Å². The van der Waals surface area contributed by atoms with E-state index in [0.29, 0.717) is 6.04 Å². The molecular formula is C26H28FeNP-6. The van der Waals surface area contributed by atoms with E-state index >= 15 is 0 Å². The van der Waals surface area contributed by atoms with Crippen molar-refractivity contribution in [2.75, 3.05) is 14.1 Å². The van der Waals surface area contributed by atoms with Crippen molar-refractivity contribution in [2.45, 2.75) is 13.0 Å². The molecule has 29 heavy (non-hydrogen) atoms. The third-order valence-corrected chi connectivity index (χ3v) is 7.39. The summed E-state index contributed by atoms with van der Waals surface area (Å²) in [7, 11) is 3.78. The van der Waals surface area contributed by atoms with Gasteiger partial charge in [-0.15, -0.1) is 10.9 Å². The van der Waals surface area contributed by atoms with Gasteiger partial charge in [0.25, 0.3) is 0 Å². The summed E-state index contributed by atoms with van der Waals surface area (Å²) in [4.78, 5) is 2.28. The van der Waals surface area contributed by atoms with E-state index in [1.54, 1.807) is 0 Å². The second kappa shape index (κ2) is 11.9. The number of nitrogens with zero attached hydrogens (tertiary/aromatic N) is 1. The molecule has 0 saturated carbocycles. The molecule has 0 aliphatic carbocycles. The molecule has 1 atom stereocenters. The molecule has 0 aromatic heterocycles. The van der Waals surface area contributed by atoms with E-state index in [-0.39, 0.29) is 17.1 Å². The molecule has 3 heteroatoms. The molecular weight excluding hydrogens is 413 g/mol. The molecule has 0 fully saturated rings. The zero-order chi connectivity index (χ0) is 19.8. The molecule has 4 aromatic carbocycles. The van der Waals surface area contributed by atoms with Crippen molar-refractivity contribution >= 4 is 23.8 Å². The second-order valence-electron chi connectivity index (χ2n) is 6.97. The molecule has 0 N–H and O–H groups in total. The van der Waals surface area contributed by atoms with E-state index in [9.17, 15) is 0 Å². The molecule has 4 aromatic rings. The summed E-state index contributed by atoms with van der Waals surface area (Å²) < 4.78 is 0. The van der Waals surface area contributed by atoms with Crippen LogP contribution in [0.25, 0.3) is 0 Å². The molecule has 0 heterocycles. The minimum absolute atomic E-state index is 0. The Bertz CT molecular complexity index is 857. The van der Waals surface area contributed by atoms with Gasteiger partial charge < -0.3 is 35.2 Å². The van der Waals surface area contributed by atoms with Gasteiger partial charge in [0.05, 0.1) is 0 Å². The van der Waals surface area contributed by atoms with Crippen molar-refractivity contribution in [2.24, 2.45) is 0 Å². The van der Waals surface area contributed by atoms with Crippen molar-refractivity contribution in [1.82, 2.24) is 4.90 Å². The fourth-order valence-corrected chi connectivity index (χ4v) is 5.71. The molecule has 0 unspecified atom stereocenters. The Balaban J connectivity index is 0.000000437. The third-order valence-electron chi connectivity index (χ3n) is 4.88. The third kappa shape index (κ3) is 6.26. The predicted molar refractivity (Wildman–Crippen MR) is 125 cm³/mol. The largest absolute Gasteiger partial charge is 0.748 e. The fourth-order valence-electron chi connectivity index (χ4n) is 3.16. The molecule has 0 aliphatic heterocycles. The first-order valence-electron chi connectivity index (χ1n) is 9.67. The molecule has 0 radical (unpaired) electrons. The van der Waals surface area contributed by atoms with Crippen LogP contribution in [0.1, 0.15) is 18.5 Å². The monoisotopic (exact) mass is 441 g/mol. The van der Waals surface area contributed by atoms with Gasteiger partial charge in [-0.05, 0) is 38.7 Å². The van der Waals surface area contributed by atoms with Crippen molar-refractivity contribution in [1.29, 1.82) is 0 Å². The van der Waals surface area contributed by atoms with Gasteiger partial charge in [0.1, 0.15) is 0 Å². The van der Waals surface area contributed by atoms with E-state index in [1.807, 2.05) is 30.3 Å². The quantitative estimate of drug-likeness (QED) is 0.234. The number of rotatable bonds is 5. The number of hydrogen-bond donors (Lipinski definition) is 0. The van der Waals surface area contributed by atoms with Gasteiger partial charge in [-0.2, -0.15) is 6.07 Å². The maximum atomic E-state index is 2.31. The minimum Gasteiger partial charge on any atom is -0.748 e. The number of benzene rings is 2. The summed E-state index contributed by atoms with van der Waals surface area (Å²) in [6, 6.07) is 39.0. The Labute approximate surface area is 187 Å². The van der Waals surface area contributed by atoms with Crippen molar-refractivity contribution in [3.63, 3.8) is 0 Å². The van der Waals surface area contributed by atoms with Crippen LogP contribution in [0.3, 0.4) is 0 Å². The Kier molecular flexibility index (Phi) is 9.58. The maximum absolute atomic E-state index is 2.31. The van der Waals surface area contributed by atoms with E-state index in [0.717, 1.165) is 0 Å². The maximum Gasteiger partial charge on any atom is 0 e. The molecule has 4 rings (SSSR count). The first-order valence-corrected chi connectivity index (χ1v) is 11.0. The molecule has 0 spiro atoms. The Morgan fingerprint density at radius 2 is 1.17 bits per heavy atom. The van der Waals surface area contributed by atoms with E-state index in [4.69, 9.17) is 0 Å². The summed E-state index contributed by atoms with van der Waals surface area (Å²) in [5.41, 5.74) is 1.44. The van der Waals surface area contributed by atoms with E-state index in [1.165, 1.54) is 21.5 Å². The zero-order valence-electron chi connectivity index (χ0n) is 17.2. The number of hydrogen-bond acceptors (Lipinski definition) is 1. The summed E-state index contributed by atoms with van der Waals surface area (Å²) in [6.07, 6.45) is 0. The van der Waals surface area contributed by atoms with Crippen molar-refractivity contribution in [3.8, 4) is 0 Å². The Morgan fingerprint density at radius 1 is 0.724 bits per heavy atom. The van der Waals surface area contributed by atoms with E-state index < -0.39 is 7.92 Å².